The second-order valence-corrected chi connectivity index (χ2v) is 3.75. The highest BCUT2D eigenvalue weighted by molar-refractivity contribution is 5.78. The first-order valence-electron chi connectivity index (χ1n) is 4.97. The van der Waals surface area contributed by atoms with Crippen molar-refractivity contribution in [2.75, 3.05) is 13.2 Å². The first-order chi connectivity index (χ1) is 7.34. The number of morpholine rings is 1. The molecule has 3 rings (SSSR count). The van der Waals surface area contributed by atoms with Gasteiger partial charge in [-0.15, -0.1) is 0 Å². The maximum absolute atomic E-state index is 11.1. The van der Waals surface area contributed by atoms with Crippen LogP contribution in [0.1, 0.15) is 11.7 Å². The lowest BCUT2D eigenvalue weighted by molar-refractivity contribution is -0.139. The summed E-state index contributed by atoms with van der Waals surface area (Å²) in [6, 6.07) is 7.72. The van der Waals surface area contributed by atoms with Gasteiger partial charge in [-0.25, -0.2) is 0 Å². The van der Waals surface area contributed by atoms with E-state index in [0.717, 1.165) is 11.3 Å². The summed E-state index contributed by atoms with van der Waals surface area (Å²) in [6.07, 6.45) is -0.0624. The van der Waals surface area contributed by atoms with Crippen molar-refractivity contribution < 1.29 is 14.3 Å². The van der Waals surface area contributed by atoms with Gasteiger partial charge in [-0.1, -0.05) is 18.2 Å². The molecule has 2 aliphatic heterocycles. The largest absolute Gasteiger partial charge is 0.491 e. The standard InChI is InChI=1S/C11H11NO3/c13-10-6-15-11-7-3-1-2-4-9(7)14-5-8(11)12-10/h1-4,8,11H,5-6H2,(H,12,13)/t8-,11-/m1/s1. The number of hydrogen-bond donors (Lipinski definition) is 1. The Hall–Kier alpha value is -1.55. The highest BCUT2D eigenvalue weighted by Crippen LogP contribution is 2.35. The van der Waals surface area contributed by atoms with Gasteiger partial charge >= 0.3 is 0 Å². The zero-order chi connectivity index (χ0) is 10.3. The van der Waals surface area contributed by atoms with Crippen molar-refractivity contribution >= 4 is 5.91 Å². The van der Waals surface area contributed by atoms with E-state index in [0.29, 0.717) is 6.61 Å². The number of carbonyl (C=O) groups excluding carboxylic acids is 1. The van der Waals surface area contributed by atoms with Crippen molar-refractivity contribution in [3.05, 3.63) is 29.8 Å². The number of rotatable bonds is 0. The van der Waals surface area contributed by atoms with E-state index in [1.54, 1.807) is 0 Å². The van der Waals surface area contributed by atoms with Crippen molar-refractivity contribution in [3.63, 3.8) is 0 Å². The van der Waals surface area contributed by atoms with E-state index in [9.17, 15) is 4.79 Å². The molecule has 2 heterocycles. The molecule has 1 aromatic carbocycles. The van der Waals surface area contributed by atoms with Crippen LogP contribution in [0.15, 0.2) is 24.3 Å². The predicted molar refractivity (Wildman–Crippen MR) is 52.6 cm³/mol. The zero-order valence-electron chi connectivity index (χ0n) is 8.10. The first-order valence-corrected chi connectivity index (χ1v) is 4.97. The van der Waals surface area contributed by atoms with Crippen LogP contribution >= 0.6 is 0 Å². The normalized spacial score (nSPS) is 28.4. The molecule has 1 amide bonds. The lowest BCUT2D eigenvalue weighted by Gasteiger charge is -2.36. The molecule has 2 aliphatic rings. The number of carbonyl (C=O) groups is 1. The molecule has 1 N–H and O–H groups in total. The van der Waals surface area contributed by atoms with E-state index in [2.05, 4.69) is 5.32 Å². The molecule has 0 aromatic heterocycles. The third-order valence-corrected chi connectivity index (χ3v) is 2.75. The monoisotopic (exact) mass is 205 g/mol. The van der Waals surface area contributed by atoms with Crippen LogP contribution in [0, 0.1) is 0 Å². The molecule has 2 atom stereocenters. The van der Waals surface area contributed by atoms with Crippen molar-refractivity contribution in [1.29, 1.82) is 0 Å². The highest BCUT2D eigenvalue weighted by Gasteiger charge is 2.36. The molecule has 0 aliphatic carbocycles. The molecule has 1 fully saturated rings. The van der Waals surface area contributed by atoms with Crippen LogP contribution in [0.3, 0.4) is 0 Å². The molecule has 4 heteroatoms. The number of para-hydroxylation sites is 1. The highest BCUT2D eigenvalue weighted by atomic mass is 16.5. The van der Waals surface area contributed by atoms with Crippen molar-refractivity contribution in [1.82, 2.24) is 5.32 Å². The molecule has 1 aromatic rings. The topological polar surface area (TPSA) is 47.6 Å². The Morgan fingerprint density at radius 3 is 3.13 bits per heavy atom. The van der Waals surface area contributed by atoms with Crippen LogP contribution in [0.25, 0.3) is 0 Å². The second-order valence-electron chi connectivity index (χ2n) is 3.75. The number of ether oxygens (including phenoxy) is 2. The number of benzene rings is 1. The summed E-state index contributed by atoms with van der Waals surface area (Å²) in [6.45, 7) is 0.614. The Bertz CT molecular complexity index is 405. The summed E-state index contributed by atoms with van der Waals surface area (Å²) in [5, 5.41) is 2.87. The summed E-state index contributed by atoms with van der Waals surface area (Å²) >= 11 is 0. The maximum Gasteiger partial charge on any atom is 0.246 e. The van der Waals surface area contributed by atoms with Gasteiger partial charge in [-0.3, -0.25) is 4.79 Å². The van der Waals surface area contributed by atoms with Crippen molar-refractivity contribution in [2.45, 2.75) is 12.1 Å². The quantitative estimate of drug-likeness (QED) is 0.676. The fourth-order valence-corrected chi connectivity index (χ4v) is 2.07. The number of amides is 1. The van der Waals surface area contributed by atoms with Gasteiger partial charge in [0.15, 0.2) is 0 Å². The van der Waals surface area contributed by atoms with Gasteiger partial charge in [0, 0.05) is 5.56 Å². The van der Waals surface area contributed by atoms with E-state index in [1.165, 1.54) is 0 Å². The molecule has 15 heavy (non-hydrogen) atoms. The lowest BCUT2D eigenvalue weighted by Crippen LogP contribution is -2.52. The van der Waals surface area contributed by atoms with Crippen LogP contribution in [0.5, 0.6) is 5.75 Å². The van der Waals surface area contributed by atoms with E-state index < -0.39 is 0 Å². The smallest absolute Gasteiger partial charge is 0.246 e. The molecule has 1 saturated heterocycles. The SMILES string of the molecule is O=C1CO[C@@H]2c3ccccc3OC[C@H]2N1. The molecule has 0 unspecified atom stereocenters. The Balaban J connectivity index is 1.97. The lowest BCUT2D eigenvalue weighted by atomic mass is 9.98. The van der Waals surface area contributed by atoms with E-state index >= 15 is 0 Å². The van der Waals surface area contributed by atoms with E-state index in [-0.39, 0.29) is 24.7 Å². The Kier molecular flexibility index (Phi) is 1.89. The fourth-order valence-electron chi connectivity index (χ4n) is 2.07. The molecule has 0 bridgehead atoms. The third kappa shape index (κ3) is 1.37. The van der Waals surface area contributed by atoms with Crippen LogP contribution in [0.4, 0.5) is 0 Å². The van der Waals surface area contributed by atoms with Gasteiger partial charge in [0.05, 0.1) is 6.04 Å². The molecular formula is C11H11NO3. The molecule has 78 valence electrons. The van der Waals surface area contributed by atoms with Gasteiger partial charge in [0.1, 0.15) is 25.1 Å². The summed E-state index contributed by atoms with van der Waals surface area (Å²) < 4.78 is 11.1. The minimum atomic E-state index is -0.0702. The zero-order valence-corrected chi connectivity index (χ0v) is 8.10. The Labute approximate surface area is 87.2 Å². The Morgan fingerprint density at radius 2 is 2.20 bits per heavy atom. The van der Waals surface area contributed by atoms with Gasteiger partial charge in [0.25, 0.3) is 0 Å². The van der Waals surface area contributed by atoms with Crippen molar-refractivity contribution in [3.8, 4) is 5.75 Å². The minimum absolute atomic E-state index is 0.0545. The van der Waals surface area contributed by atoms with Crippen LogP contribution in [-0.4, -0.2) is 25.2 Å². The molecular weight excluding hydrogens is 194 g/mol. The summed E-state index contributed by atoms with van der Waals surface area (Å²) in [5.41, 5.74) is 1.02. The fraction of sp³-hybridized carbons (Fsp3) is 0.364. The van der Waals surface area contributed by atoms with E-state index in [1.807, 2.05) is 24.3 Å². The van der Waals surface area contributed by atoms with Crippen LogP contribution in [0.2, 0.25) is 0 Å². The summed E-state index contributed by atoms with van der Waals surface area (Å²) in [7, 11) is 0. The van der Waals surface area contributed by atoms with Crippen LogP contribution < -0.4 is 10.1 Å². The summed E-state index contributed by atoms with van der Waals surface area (Å²) in [5.74, 6) is 0.786. The average Bonchev–Trinajstić information content (AvgIpc) is 2.28. The van der Waals surface area contributed by atoms with Crippen LogP contribution in [-0.2, 0) is 9.53 Å². The molecule has 0 radical (unpaired) electrons. The molecule has 4 nitrogen and oxygen atoms in total. The average molecular weight is 205 g/mol. The number of nitrogens with one attached hydrogen (secondary N) is 1. The predicted octanol–water partition coefficient (Wildman–Crippen LogP) is 0.635. The second kappa shape index (κ2) is 3.24. The van der Waals surface area contributed by atoms with Gasteiger partial charge < -0.3 is 14.8 Å². The van der Waals surface area contributed by atoms with Gasteiger partial charge in [0.2, 0.25) is 5.91 Å². The molecule has 0 saturated carbocycles. The summed E-state index contributed by atoms with van der Waals surface area (Å²) in [4.78, 5) is 11.1. The first kappa shape index (κ1) is 8.73. The maximum atomic E-state index is 11.1. The number of fused-ring (bicyclic) bond motifs is 3. The molecule has 0 spiro atoms. The van der Waals surface area contributed by atoms with Crippen molar-refractivity contribution in [2.24, 2.45) is 0 Å². The third-order valence-electron chi connectivity index (χ3n) is 2.75. The van der Waals surface area contributed by atoms with Gasteiger partial charge in [-0.2, -0.15) is 0 Å². The minimum Gasteiger partial charge on any atom is -0.491 e. The Morgan fingerprint density at radius 1 is 1.33 bits per heavy atom. The van der Waals surface area contributed by atoms with Gasteiger partial charge in [-0.05, 0) is 6.07 Å². The van der Waals surface area contributed by atoms with E-state index in [4.69, 9.17) is 9.47 Å². The number of hydrogen-bond acceptors (Lipinski definition) is 3.